The number of hydrogen-bond acceptors (Lipinski definition) is 9. The highest BCUT2D eigenvalue weighted by atomic mass is 19.1. The maximum Gasteiger partial charge on any atom is 0.255 e. The van der Waals surface area contributed by atoms with Gasteiger partial charge >= 0.3 is 0 Å². The number of hydrogen-bond donors (Lipinski definition) is 6. The number of fused-ring (bicyclic) bond motifs is 6. The number of phenolic OH excluding ortho intramolecular Hbond substituents is 1. The van der Waals surface area contributed by atoms with E-state index in [2.05, 4.69) is 10.2 Å². The molecule has 1 unspecified atom stereocenters. The van der Waals surface area contributed by atoms with Crippen LogP contribution in [0.25, 0.3) is 5.76 Å². The summed E-state index contributed by atoms with van der Waals surface area (Å²) in [6.07, 6.45) is 1.13. The number of nitrogens with zero attached hydrogens (tertiary/aromatic N) is 1. The Kier molecular flexibility index (Phi) is 4.96. The Bertz CT molecular complexity index is 1380. The number of nitrogens with one attached hydrogen (secondary N) is 1. The van der Waals surface area contributed by atoms with Crippen molar-refractivity contribution in [2.75, 3.05) is 20.6 Å². The first-order valence-electron chi connectivity index (χ1n) is 12.4. The second-order valence-electron chi connectivity index (χ2n) is 10.9. The molecule has 37 heavy (non-hydrogen) atoms. The van der Waals surface area contributed by atoms with Gasteiger partial charge in [-0.1, -0.05) is 0 Å². The molecule has 0 bridgehead atoms. The normalized spacial score (nSPS) is 34.8. The summed E-state index contributed by atoms with van der Waals surface area (Å²) in [7, 11) is 3.31. The minimum atomic E-state index is -2.71. The van der Waals surface area contributed by atoms with Gasteiger partial charge in [0, 0.05) is 34.2 Å². The number of rotatable bonds is 2. The molecular formula is C26H28FN3O7. The van der Waals surface area contributed by atoms with Gasteiger partial charge in [0.05, 0.1) is 11.6 Å². The van der Waals surface area contributed by atoms with Crippen molar-refractivity contribution in [1.29, 1.82) is 0 Å². The number of carbonyl (C=O) groups excluding carboxylic acids is 3. The van der Waals surface area contributed by atoms with Gasteiger partial charge in [-0.3, -0.25) is 19.3 Å². The molecule has 2 fully saturated rings. The molecular weight excluding hydrogens is 485 g/mol. The molecule has 1 heterocycles. The number of aromatic hydroxyl groups is 1. The predicted octanol–water partition coefficient (Wildman–Crippen LogP) is 0.310. The maximum absolute atomic E-state index is 16.1. The van der Waals surface area contributed by atoms with Crippen molar-refractivity contribution in [3.05, 3.63) is 45.0 Å². The molecule has 6 rings (SSSR count). The fourth-order valence-corrected chi connectivity index (χ4v) is 7.64. The van der Waals surface area contributed by atoms with E-state index in [1.807, 2.05) is 7.05 Å². The third-order valence-electron chi connectivity index (χ3n) is 9.29. The Morgan fingerprint density at radius 3 is 2.54 bits per heavy atom. The second kappa shape index (κ2) is 7.62. The van der Waals surface area contributed by atoms with Gasteiger partial charge in [0.2, 0.25) is 5.78 Å². The van der Waals surface area contributed by atoms with Crippen molar-refractivity contribution >= 4 is 23.2 Å². The zero-order valence-corrected chi connectivity index (χ0v) is 20.3. The number of likely N-dealkylation sites (tertiary alicyclic amines) is 1. The van der Waals surface area contributed by atoms with Crippen LogP contribution in [0.4, 0.5) is 4.39 Å². The van der Waals surface area contributed by atoms with E-state index in [1.54, 1.807) is 0 Å². The number of benzene rings is 1. The molecule has 4 aliphatic carbocycles. The molecule has 1 aromatic rings. The molecule has 0 radical (unpaired) electrons. The molecule has 196 valence electrons. The van der Waals surface area contributed by atoms with Gasteiger partial charge in [-0.05, 0) is 58.2 Å². The summed E-state index contributed by atoms with van der Waals surface area (Å²) in [6, 6.07) is -1.42. The predicted molar refractivity (Wildman–Crippen MR) is 127 cm³/mol. The van der Waals surface area contributed by atoms with Crippen molar-refractivity contribution in [2.45, 2.75) is 43.4 Å². The van der Waals surface area contributed by atoms with E-state index < -0.39 is 63.9 Å². The lowest BCUT2D eigenvalue weighted by Crippen LogP contribution is -2.65. The molecule has 0 aromatic heterocycles. The van der Waals surface area contributed by atoms with Crippen LogP contribution in [0.3, 0.4) is 0 Å². The average Bonchev–Trinajstić information content (AvgIpc) is 3.40. The van der Waals surface area contributed by atoms with Gasteiger partial charge in [0.25, 0.3) is 5.91 Å². The monoisotopic (exact) mass is 513 g/mol. The quantitative estimate of drug-likeness (QED) is 0.304. The highest BCUT2D eigenvalue weighted by Crippen LogP contribution is 2.56. The minimum Gasteiger partial charge on any atom is -0.508 e. The number of aliphatic hydroxyl groups excluding tert-OH is 2. The van der Waals surface area contributed by atoms with Crippen molar-refractivity contribution in [2.24, 2.45) is 23.5 Å². The average molecular weight is 514 g/mol. The van der Waals surface area contributed by atoms with Crippen LogP contribution < -0.4 is 11.1 Å². The van der Waals surface area contributed by atoms with E-state index in [-0.39, 0.29) is 47.3 Å². The van der Waals surface area contributed by atoms with E-state index in [1.165, 1.54) is 7.05 Å². The molecule has 1 aromatic carbocycles. The van der Waals surface area contributed by atoms with Crippen LogP contribution >= 0.6 is 0 Å². The lowest BCUT2D eigenvalue weighted by atomic mass is 9.57. The number of aliphatic hydroxyl groups is 3. The molecule has 5 aliphatic rings. The Morgan fingerprint density at radius 1 is 1.19 bits per heavy atom. The first-order chi connectivity index (χ1) is 17.4. The summed E-state index contributed by atoms with van der Waals surface area (Å²) < 4.78 is 16.1. The lowest BCUT2D eigenvalue weighted by Gasteiger charge is -2.48. The van der Waals surface area contributed by atoms with Gasteiger partial charge in [-0.2, -0.15) is 0 Å². The summed E-state index contributed by atoms with van der Waals surface area (Å²) in [4.78, 5) is 40.7. The van der Waals surface area contributed by atoms with Crippen molar-refractivity contribution < 1.29 is 39.2 Å². The van der Waals surface area contributed by atoms with E-state index >= 15 is 4.39 Å². The van der Waals surface area contributed by atoms with Gasteiger partial charge in [-0.15, -0.1) is 0 Å². The molecule has 11 heteroatoms. The largest absolute Gasteiger partial charge is 0.508 e. The van der Waals surface area contributed by atoms with E-state index in [0.29, 0.717) is 17.5 Å². The standard InChI is InChI=1S/C26H28FN3O7/c1-29-18-12-7-9-6-10-15(20(31)11-5-8-3-4-30(2)19(8)14(11)17(10)27)21(32)13(9)23(34)26(12,37)24(35)16(22(18)33)25(28)36/h8-9,12,18-19,29,31-32,35,37H,3-7H2,1-2H3,(H2,28,36)/t8-,9+,12+,18+,19?,26+/m1/s1. The fourth-order valence-electron chi connectivity index (χ4n) is 7.64. The fraction of sp³-hybridized carbons (Fsp3) is 0.500. The second-order valence-corrected chi connectivity index (χ2v) is 10.9. The zero-order chi connectivity index (χ0) is 26.7. The number of Topliss-reactive ketones (excluding diaryl/α,β-unsaturated/α-hetero) is 2. The molecule has 1 saturated carbocycles. The van der Waals surface area contributed by atoms with Crippen LogP contribution in [0.5, 0.6) is 5.75 Å². The number of nitrogens with two attached hydrogens (primary N) is 1. The van der Waals surface area contributed by atoms with Gasteiger partial charge in [0.1, 0.15) is 28.7 Å². The SMILES string of the molecule is CN[C@@H]1C(=O)C(C(N)=O)=C(O)[C@@]2(O)C(=O)C3=C(O)c4c(O)c5c(c(F)c4C[C@H]3C[C@@H]12)C1[C@H](CCN1C)C5. The first-order valence-corrected chi connectivity index (χ1v) is 12.4. The Morgan fingerprint density at radius 2 is 1.89 bits per heavy atom. The summed E-state index contributed by atoms with van der Waals surface area (Å²) in [6.45, 7) is 0.808. The van der Waals surface area contributed by atoms with Gasteiger partial charge in [0.15, 0.2) is 11.4 Å². The molecule has 10 nitrogen and oxygen atoms in total. The number of carbonyl (C=O) groups is 3. The van der Waals surface area contributed by atoms with Gasteiger partial charge in [-0.25, -0.2) is 4.39 Å². The maximum atomic E-state index is 16.1. The number of ketones is 2. The molecule has 7 N–H and O–H groups in total. The minimum absolute atomic E-state index is 0.0569. The van der Waals surface area contributed by atoms with Crippen LogP contribution in [0.1, 0.15) is 41.1 Å². The van der Waals surface area contributed by atoms with Gasteiger partial charge < -0.3 is 31.5 Å². The summed E-state index contributed by atoms with van der Waals surface area (Å²) >= 11 is 0. The smallest absolute Gasteiger partial charge is 0.255 e. The Balaban J connectivity index is 1.56. The number of likely N-dealkylation sites (N-methyl/N-ethyl adjacent to an activating group) is 1. The number of amides is 1. The van der Waals surface area contributed by atoms with Crippen LogP contribution in [0.15, 0.2) is 16.9 Å². The highest BCUT2D eigenvalue weighted by Gasteiger charge is 2.63. The number of phenols is 1. The summed E-state index contributed by atoms with van der Waals surface area (Å²) in [5, 5.41) is 47.6. The third-order valence-corrected chi connectivity index (χ3v) is 9.29. The first kappa shape index (κ1) is 24.1. The van der Waals surface area contributed by atoms with Crippen molar-refractivity contribution in [1.82, 2.24) is 10.2 Å². The highest BCUT2D eigenvalue weighted by molar-refractivity contribution is 6.24. The van der Waals surface area contributed by atoms with Crippen LogP contribution in [-0.2, 0) is 27.2 Å². The number of halogens is 1. The molecule has 1 amide bonds. The van der Waals surface area contributed by atoms with Crippen molar-refractivity contribution in [3.63, 3.8) is 0 Å². The summed E-state index contributed by atoms with van der Waals surface area (Å²) in [5.74, 6) is -7.79. The van der Waals surface area contributed by atoms with Crippen LogP contribution in [0.2, 0.25) is 0 Å². The molecule has 0 spiro atoms. The third kappa shape index (κ3) is 2.76. The van der Waals surface area contributed by atoms with E-state index in [4.69, 9.17) is 5.73 Å². The molecule has 1 aliphatic heterocycles. The van der Waals surface area contributed by atoms with Crippen molar-refractivity contribution in [3.8, 4) is 5.75 Å². The van der Waals surface area contributed by atoms with E-state index in [0.717, 1.165) is 13.0 Å². The molecule has 1 saturated heterocycles. The summed E-state index contributed by atoms with van der Waals surface area (Å²) in [5.41, 5.74) is 2.13. The van der Waals surface area contributed by atoms with E-state index in [9.17, 15) is 34.8 Å². The topological polar surface area (TPSA) is 173 Å². The zero-order valence-electron chi connectivity index (χ0n) is 20.3. The molecule has 6 atom stereocenters. The lowest BCUT2D eigenvalue weighted by molar-refractivity contribution is -0.150. The van der Waals surface area contributed by atoms with Crippen LogP contribution in [-0.4, -0.2) is 75.1 Å². The number of primary amides is 1. The Labute approximate surface area is 211 Å². The van der Waals surface area contributed by atoms with Crippen LogP contribution in [0, 0.1) is 23.6 Å². The Hall–Kier alpha value is -3.28.